The number of rotatable bonds is 3. The maximum absolute atomic E-state index is 9.16. The average molecular weight is 373 g/mol. The van der Waals surface area contributed by atoms with E-state index in [1.165, 1.54) is 6.42 Å². The van der Waals surface area contributed by atoms with E-state index in [-0.39, 0.29) is 5.92 Å². The third kappa shape index (κ3) is 2.92. The van der Waals surface area contributed by atoms with Crippen LogP contribution in [-0.2, 0) is 13.4 Å². The van der Waals surface area contributed by atoms with Crippen molar-refractivity contribution in [2.45, 2.75) is 45.4 Å². The van der Waals surface area contributed by atoms with Crippen LogP contribution in [0.3, 0.4) is 0 Å². The molecule has 142 valence electrons. The van der Waals surface area contributed by atoms with E-state index in [0.717, 1.165) is 70.0 Å². The lowest BCUT2D eigenvalue weighted by Gasteiger charge is -2.22. The van der Waals surface area contributed by atoms with E-state index >= 15 is 0 Å². The molecule has 0 aliphatic heterocycles. The van der Waals surface area contributed by atoms with Gasteiger partial charge < -0.3 is 4.42 Å². The lowest BCUT2D eigenvalue weighted by atomic mass is 9.83. The van der Waals surface area contributed by atoms with Crippen LogP contribution in [0.5, 0.6) is 0 Å². The monoisotopic (exact) mass is 372 g/mol. The maximum atomic E-state index is 9.16. The lowest BCUT2D eigenvalue weighted by Crippen LogP contribution is -2.32. The molecule has 1 fully saturated rings. The van der Waals surface area contributed by atoms with E-state index in [9.17, 15) is 0 Å². The Balaban J connectivity index is 1.79. The number of benzene rings is 2. The molecule has 0 amide bonds. The minimum Gasteiger partial charge on any atom is -0.455 e. The Morgan fingerprint density at radius 2 is 1.82 bits per heavy atom. The second-order valence-electron chi connectivity index (χ2n) is 8.09. The highest BCUT2D eigenvalue weighted by atomic mass is 16.3. The van der Waals surface area contributed by atoms with Crippen LogP contribution < -0.4 is 4.57 Å². The molecule has 1 aliphatic rings. The summed E-state index contributed by atoms with van der Waals surface area (Å²) in [5, 5.41) is 2.18. The van der Waals surface area contributed by atoms with Crippen molar-refractivity contribution in [3.8, 4) is 11.3 Å². The zero-order valence-electron chi connectivity index (χ0n) is 18.7. The second-order valence-corrected chi connectivity index (χ2v) is 8.09. The molecule has 0 N–H and O–H groups in total. The zero-order chi connectivity index (χ0) is 20.9. The molecule has 2 aromatic heterocycles. The summed E-state index contributed by atoms with van der Waals surface area (Å²) in [5.74, 6) is 0.0579. The molecule has 0 saturated heterocycles. The quantitative estimate of drug-likeness (QED) is 0.375. The molecule has 1 aliphatic carbocycles. The number of hydrogen-bond donors (Lipinski definition) is 0. The van der Waals surface area contributed by atoms with Gasteiger partial charge >= 0.3 is 0 Å². The van der Waals surface area contributed by atoms with Crippen molar-refractivity contribution < 1.29 is 11.7 Å². The zero-order valence-corrected chi connectivity index (χ0v) is 16.7. The van der Waals surface area contributed by atoms with Crippen LogP contribution >= 0.6 is 0 Å². The number of furan rings is 1. The van der Waals surface area contributed by atoms with Gasteiger partial charge in [-0.2, -0.15) is 0 Å². The molecule has 4 aromatic rings. The largest absolute Gasteiger partial charge is 0.455 e. The summed E-state index contributed by atoms with van der Waals surface area (Å²) in [7, 11) is 2.01. The van der Waals surface area contributed by atoms with Gasteiger partial charge in [-0.1, -0.05) is 62.4 Å². The first-order valence-electron chi connectivity index (χ1n) is 11.4. The highest BCUT2D eigenvalue weighted by Crippen LogP contribution is 2.38. The first-order chi connectivity index (χ1) is 14.5. The van der Waals surface area contributed by atoms with Crippen molar-refractivity contribution in [3.05, 3.63) is 65.9 Å². The molecule has 2 heteroatoms. The topological polar surface area (TPSA) is 17.0 Å². The smallest absolute Gasteiger partial charge is 0.219 e. The van der Waals surface area contributed by atoms with Crippen LogP contribution in [0.15, 0.2) is 59.1 Å². The number of aromatic nitrogens is 1. The van der Waals surface area contributed by atoms with Crippen LogP contribution in [0.4, 0.5) is 0 Å². The van der Waals surface area contributed by atoms with Crippen LogP contribution in [-0.4, -0.2) is 0 Å². The molecule has 0 atom stereocenters. The molecule has 2 nitrogen and oxygen atoms in total. The van der Waals surface area contributed by atoms with Crippen molar-refractivity contribution >= 4 is 21.9 Å². The summed E-state index contributed by atoms with van der Waals surface area (Å²) in [6.07, 6.45) is 6.01. The van der Waals surface area contributed by atoms with Crippen molar-refractivity contribution in [1.82, 2.24) is 0 Å². The Bertz CT molecular complexity index is 1230. The van der Waals surface area contributed by atoms with E-state index in [1.54, 1.807) is 0 Å². The Labute approximate surface area is 169 Å². The fourth-order valence-electron chi connectivity index (χ4n) is 4.69. The number of aryl methyl sites for hydroxylation is 2. The number of nitrogens with zero attached hydrogens (tertiary/aromatic N) is 1. The molecular weight excluding hydrogens is 342 g/mol. The highest BCUT2D eigenvalue weighted by molar-refractivity contribution is 6.09. The number of fused-ring (bicyclic) bond motifs is 3. The molecule has 0 spiro atoms. The van der Waals surface area contributed by atoms with Gasteiger partial charge in [0.1, 0.15) is 18.2 Å². The molecule has 0 unspecified atom stereocenters. The molecule has 2 heterocycles. The van der Waals surface area contributed by atoms with Crippen molar-refractivity contribution in [1.29, 1.82) is 0 Å². The highest BCUT2D eigenvalue weighted by Gasteiger charge is 2.25. The van der Waals surface area contributed by atoms with E-state index in [0.29, 0.717) is 0 Å². The molecule has 5 rings (SSSR count). The lowest BCUT2D eigenvalue weighted by molar-refractivity contribution is -0.660. The number of para-hydroxylation sites is 1. The van der Waals surface area contributed by atoms with Crippen molar-refractivity contribution in [2.75, 3.05) is 0 Å². The Kier molecular flexibility index (Phi) is 3.88. The molecular formula is C26H28NO+. The van der Waals surface area contributed by atoms with Crippen LogP contribution in [0.1, 0.15) is 46.0 Å². The fraction of sp³-hybridized carbons (Fsp3) is 0.346. The fourth-order valence-corrected chi connectivity index (χ4v) is 4.69. The average Bonchev–Trinajstić information content (AvgIpc) is 3.13. The van der Waals surface area contributed by atoms with Gasteiger partial charge in [-0.3, -0.25) is 0 Å². The van der Waals surface area contributed by atoms with Crippen molar-refractivity contribution in [3.63, 3.8) is 0 Å². The maximum Gasteiger partial charge on any atom is 0.219 e. The standard InChI is InChI=1S/C26H28NO/c1-18-14-15-22-21-12-6-7-13-23(21)28-26(22)24(18)25-20(11-8-16-27(25)2)17-19-9-4-3-5-10-19/h6-8,11-16,19H,3-5,9-10,17H2,1-2H3/q+1/i17D2. The molecule has 2 aromatic carbocycles. The van der Waals surface area contributed by atoms with Gasteiger partial charge in [0.05, 0.1) is 5.56 Å². The first-order valence-corrected chi connectivity index (χ1v) is 10.4. The Morgan fingerprint density at radius 3 is 2.68 bits per heavy atom. The normalized spacial score (nSPS) is 17.1. The van der Waals surface area contributed by atoms with Crippen LogP contribution in [0.2, 0.25) is 0 Å². The minimum absolute atomic E-state index is 0.0579. The number of hydrogen-bond acceptors (Lipinski definition) is 1. The molecule has 28 heavy (non-hydrogen) atoms. The van der Waals surface area contributed by atoms with Gasteiger partial charge in [0.25, 0.3) is 0 Å². The van der Waals surface area contributed by atoms with Gasteiger partial charge in [0, 0.05) is 25.1 Å². The number of pyridine rings is 1. The summed E-state index contributed by atoms with van der Waals surface area (Å²) in [4.78, 5) is 0. The summed E-state index contributed by atoms with van der Waals surface area (Å²) < 4.78 is 26.7. The van der Waals surface area contributed by atoms with Gasteiger partial charge in [0.15, 0.2) is 6.20 Å². The second kappa shape index (κ2) is 7.09. The van der Waals surface area contributed by atoms with Gasteiger partial charge in [0.2, 0.25) is 5.69 Å². The SMILES string of the molecule is [2H]C([2H])(c1ccc[n+](C)c1-c1c(C)ccc2c1oc1ccccc12)C1CCCCC1. The van der Waals surface area contributed by atoms with Gasteiger partial charge in [-0.25, -0.2) is 4.57 Å². The predicted octanol–water partition coefficient (Wildman–Crippen LogP) is 6.51. The summed E-state index contributed by atoms with van der Waals surface area (Å²) in [5.41, 5.74) is 5.52. The van der Waals surface area contributed by atoms with E-state index < -0.39 is 6.37 Å². The molecule has 0 bridgehead atoms. The molecule has 1 saturated carbocycles. The third-order valence-corrected chi connectivity index (χ3v) is 6.14. The van der Waals surface area contributed by atoms with Gasteiger partial charge in [-0.15, -0.1) is 0 Å². The summed E-state index contributed by atoms with van der Waals surface area (Å²) >= 11 is 0. The van der Waals surface area contributed by atoms with E-state index in [4.69, 9.17) is 7.16 Å². The van der Waals surface area contributed by atoms with Crippen LogP contribution in [0.25, 0.3) is 33.2 Å². The van der Waals surface area contributed by atoms with E-state index in [1.807, 2.05) is 43.6 Å². The Hall–Kier alpha value is -2.61. The minimum atomic E-state index is -1.38. The van der Waals surface area contributed by atoms with Gasteiger partial charge in [-0.05, 0) is 36.9 Å². The van der Waals surface area contributed by atoms with Crippen LogP contribution in [0, 0.1) is 12.8 Å². The summed E-state index contributed by atoms with van der Waals surface area (Å²) in [6, 6.07) is 16.3. The summed E-state index contributed by atoms with van der Waals surface area (Å²) in [6.45, 7) is 2.09. The third-order valence-electron chi connectivity index (χ3n) is 6.14. The Morgan fingerprint density at radius 1 is 1.00 bits per heavy atom. The first kappa shape index (κ1) is 15.3. The van der Waals surface area contributed by atoms with E-state index in [2.05, 4.69) is 29.7 Å². The predicted molar refractivity (Wildman–Crippen MR) is 115 cm³/mol. The molecule has 0 radical (unpaired) electrons. The van der Waals surface area contributed by atoms with Crippen molar-refractivity contribution in [2.24, 2.45) is 13.0 Å².